The molecule has 10 heavy (non-hydrogen) atoms. The predicted octanol–water partition coefficient (Wildman–Crippen LogP) is 3.63. The van der Waals surface area contributed by atoms with Crippen LogP contribution in [0, 0.1) is 0 Å². The average Bonchev–Trinajstić information content (AvgIpc) is 2.31. The maximum atomic E-state index is 3.42. The molecule has 54 valence electrons. The molecular weight excluding hydrogens is 208 g/mol. The van der Waals surface area contributed by atoms with E-state index in [2.05, 4.69) is 40.2 Å². The van der Waals surface area contributed by atoms with Gasteiger partial charge in [-0.3, -0.25) is 0 Å². The second-order valence-corrected chi connectivity index (χ2v) is 4.53. The minimum Gasteiger partial charge on any atom is -0.133 e. The fourth-order valence-electron chi connectivity index (χ4n) is 0.695. The standard InChI is InChI=1S/C8H9BrS/c1-2-3-4-7-5-6-8(9)10-7/h2-3,5-6H,4H2,1H3. The quantitative estimate of drug-likeness (QED) is 0.663. The first-order valence-electron chi connectivity index (χ1n) is 3.18. The summed E-state index contributed by atoms with van der Waals surface area (Å²) in [4.78, 5) is 1.41. The summed E-state index contributed by atoms with van der Waals surface area (Å²) in [7, 11) is 0. The Morgan fingerprint density at radius 1 is 1.60 bits per heavy atom. The van der Waals surface area contributed by atoms with Crippen molar-refractivity contribution >= 4 is 27.3 Å². The van der Waals surface area contributed by atoms with Crippen LogP contribution in [0.15, 0.2) is 28.1 Å². The van der Waals surface area contributed by atoms with Gasteiger partial charge < -0.3 is 0 Å². The third-order valence-corrected chi connectivity index (χ3v) is 2.83. The zero-order valence-electron chi connectivity index (χ0n) is 5.80. The lowest BCUT2D eigenvalue weighted by Crippen LogP contribution is -1.68. The Labute approximate surface area is 73.7 Å². The summed E-state index contributed by atoms with van der Waals surface area (Å²) >= 11 is 5.21. The van der Waals surface area contributed by atoms with Gasteiger partial charge in [0, 0.05) is 4.88 Å². The van der Waals surface area contributed by atoms with Crippen molar-refractivity contribution < 1.29 is 0 Å². The number of halogens is 1. The highest BCUT2D eigenvalue weighted by atomic mass is 79.9. The number of hydrogen-bond acceptors (Lipinski definition) is 1. The molecule has 0 aromatic carbocycles. The number of hydrogen-bond donors (Lipinski definition) is 0. The molecule has 0 atom stereocenters. The first kappa shape index (κ1) is 8.02. The molecule has 0 nitrogen and oxygen atoms in total. The van der Waals surface area contributed by atoms with Gasteiger partial charge in [0.25, 0.3) is 0 Å². The summed E-state index contributed by atoms with van der Waals surface area (Å²) in [5.74, 6) is 0. The maximum Gasteiger partial charge on any atom is 0.0701 e. The van der Waals surface area contributed by atoms with Crippen LogP contribution in [0.3, 0.4) is 0 Å². The van der Waals surface area contributed by atoms with Crippen molar-refractivity contribution in [1.82, 2.24) is 0 Å². The Bertz CT molecular complexity index is 225. The van der Waals surface area contributed by atoms with Crippen LogP contribution in [-0.4, -0.2) is 0 Å². The first-order valence-corrected chi connectivity index (χ1v) is 4.79. The Kier molecular flexibility index (Phi) is 3.16. The van der Waals surface area contributed by atoms with Crippen molar-refractivity contribution in [3.63, 3.8) is 0 Å². The maximum absolute atomic E-state index is 3.42. The van der Waals surface area contributed by atoms with Crippen molar-refractivity contribution in [3.8, 4) is 0 Å². The van der Waals surface area contributed by atoms with Crippen LogP contribution in [0.4, 0.5) is 0 Å². The highest BCUT2D eigenvalue weighted by molar-refractivity contribution is 9.11. The second kappa shape index (κ2) is 3.94. The Balaban J connectivity index is 2.58. The van der Waals surface area contributed by atoms with Crippen LogP contribution >= 0.6 is 27.3 Å². The topological polar surface area (TPSA) is 0 Å². The molecular formula is C8H9BrS. The van der Waals surface area contributed by atoms with Gasteiger partial charge in [-0.25, -0.2) is 0 Å². The molecule has 0 unspecified atom stereocenters. The number of thiophene rings is 1. The molecule has 0 spiro atoms. The van der Waals surface area contributed by atoms with E-state index in [0.717, 1.165) is 6.42 Å². The van der Waals surface area contributed by atoms with Crippen LogP contribution in [-0.2, 0) is 6.42 Å². The Morgan fingerprint density at radius 2 is 2.40 bits per heavy atom. The van der Waals surface area contributed by atoms with E-state index in [4.69, 9.17) is 0 Å². The predicted molar refractivity (Wildman–Crippen MR) is 50.5 cm³/mol. The lowest BCUT2D eigenvalue weighted by atomic mass is 10.3. The molecule has 0 aliphatic rings. The summed E-state index contributed by atoms with van der Waals surface area (Å²) in [5, 5.41) is 0. The summed E-state index contributed by atoms with van der Waals surface area (Å²) < 4.78 is 1.21. The van der Waals surface area contributed by atoms with Gasteiger partial charge in [-0.2, -0.15) is 0 Å². The van der Waals surface area contributed by atoms with E-state index in [1.54, 1.807) is 11.3 Å². The van der Waals surface area contributed by atoms with Crippen LogP contribution in [0.1, 0.15) is 11.8 Å². The summed E-state index contributed by atoms with van der Waals surface area (Å²) in [5.41, 5.74) is 0. The molecule has 0 radical (unpaired) electrons. The molecule has 0 fully saturated rings. The van der Waals surface area contributed by atoms with Crippen LogP contribution in [0.5, 0.6) is 0 Å². The molecule has 0 saturated heterocycles. The normalized spacial score (nSPS) is 11.0. The van der Waals surface area contributed by atoms with Gasteiger partial charge in [0.05, 0.1) is 3.79 Å². The zero-order valence-corrected chi connectivity index (χ0v) is 8.21. The molecule has 0 bridgehead atoms. The van der Waals surface area contributed by atoms with Crippen LogP contribution in [0.25, 0.3) is 0 Å². The number of allylic oxidation sites excluding steroid dienone is 2. The lowest BCUT2D eigenvalue weighted by molar-refractivity contribution is 1.33. The van der Waals surface area contributed by atoms with Crippen molar-refractivity contribution in [2.24, 2.45) is 0 Å². The summed E-state index contributed by atoms with van der Waals surface area (Å²) in [6.07, 6.45) is 5.30. The molecule has 1 aromatic rings. The fourth-order valence-corrected chi connectivity index (χ4v) is 2.15. The van der Waals surface area contributed by atoms with Crippen molar-refractivity contribution in [2.75, 3.05) is 0 Å². The van der Waals surface area contributed by atoms with Gasteiger partial charge in [0.15, 0.2) is 0 Å². The highest BCUT2D eigenvalue weighted by Crippen LogP contribution is 2.22. The van der Waals surface area contributed by atoms with Crippen molar-refractivity contribution in [1.29, 1.82) is 0 Å². The van der Waals surface area contributed by atoms with E-state index in [1.807, 2.05) is 6.92 Å². The minimum absolute atomic E-state index is 1.06. The van der Waals surface area contributed by atoms with E-state index in [0.29, 0.717) is 0 Å². The van der Waals surface area contributed by atoms with Gasteiger partial charge in [-0.05, 0) is 41.4 Å². The third-order valence-electron chi connectivity index (χ3n) is 1.18. The molecule has 0 aliphatic heterocycles. The minimum atomic E-state index is 1.06. The van der Waals surface area contributed by atoms with E-state index < -0.39 is 0 Å². The van der Waals surface area contributed by atoms with Gasteiger partial charge in [-0.15, -0.1) is 11.3 Å². The molecule has 0 N–H and O–H groups in total. The number of rotatable bonds is 2. The van der Waals surface area contributed by atoms with E-state index in [9.17, 15) is 0 Å². The van der Waals surface area contributed by atoms with Gasteiger partial charge >= 0.3 is 0 Å². The molecule has 2 heteroatoms. The van der Waals surface area contributed by atoms with Gasteiger partial charge in [-0.1, -0.05) is 12.2 Å². The van der Waals surface area contributed by atoms with Gasteiger partial charge in [0.2, 0.25) is 0 Å². The third kappa shape index (κ3) is 2.27. The van der Waals surface area contributed by atoms with E-state index >= 15 is 0 Å². The van der Waals surface area contributed by atoms with E-state index in [1.165, 1.54) is 8.66 Å². The molecule has 1 heterocycles. The largest absolute Gasteiger partial charge is 0.133 e. The Hall–Kier alpha value is -0.0800. The van der Waals surface area contributed by atoms with E-state index in [-0.39, 0.29) is 0 Å². The molecule has 1 rings (SSSR count). The zero-order chi connectivity index (χ0) is 7.40. The average molecular weight is 217 g/mol. The molecule has 0 saturated carbocycles. The lowest BCUT2D eigenvalue weighted by Gasteiger charge is -1.84. The monoisotopic (exact) mass is 216 g/mol. The van der Waals surface area contributed by atoms with Crippen molar-refractivity contribution in [3.05, 3.63) is 32.9 Å². The van der Waals surface area contributed by atoms with Crippen LogP contribution in [0.2, 0.25) is 0 Å². The second-order valence-electron chi connectivity index (χ2n) is 1.98. The first-order chi connectivity index (χ1) is 4.83. The fraction of sp³-hybridized carbons (Fsp3) is 0.250. The summed E-state index contributed by atoms with van der Waals surface area (Å²) in [6, 6.07) is 4.23. The Morgan fingerprint density at radius 3 is 2.90 bits per heavy atom. The smallest absolute Gasteiger partial charge is 0.0701 e. The SMILES string of the molecule is CC=CCc1ccc(Br)s1. The molecule has 0 amide bonds. The van der Waals surface area contributed by atoms with Crippen LogP contribution < -0.4 is 0 Å². The highest BCUT2D eigenvalue weighted by Gasteiger charge is 1.92. The molecule has 1 aromatic heterocycles. The van der Waals surface area contributed by atoms with Gasteiger partial charge in [0.1, 0.15) is 0 Å². The van der Waals surface area contributed by atoms with Crippen molar-refractivity contribution in [2.45, 2.75) is 13.3 Å². The molecule has 0 aliphatic carbocycles. The summed E-state index contributed by atoms with van der Waals surface area (Å²) in [6.45, 7) is 2.04.